The number of rotatable bonds is 1. The fraction of sp³-hybridized carbons (Fsp3) is 0.400. The SMILES string of the molecule is C=N[C@H]1CC1=C. The molecule has 0 aromatic carbocycles. The van der Waals surface area contributed by atoms with E-state index in [1.165, 1.54) is 5.57 Å². The lowest BCUT2D eigenvalue weighted by atomic mass is 10.7. The third-order valence-electron chi connectivity index (χ3n) is 0.987. The van der Waals surface area contributed by atoms with Crippen molar-refractivity contribution in [2.24, 2.45) is 4.99 Å². The summed E-state index contributed by atoms with van der Waals surface area (Å²) in [4.78, 5) is 3.73. The van der Waals surface area contributed by atoms with Gasteiger partial charge in [0.1, 0.15) is 0 Å². The Hall–Kier alpha value is -0.590. The largest absolute Gasteiger partial charge is 0.293 e. The van der Waals surface area contributed by atoms with E-state index in [1.807, 2.05) is 0 Å². The van der Waals surface area contributed by atoms with Crippen LogP contribution in [0.5, 0.6) is 0 Å². The topological polar surface area (TPSA) is 12.4 Å². The highest BCUT2D eigenvalue weighted by Gasteiger charge is 2.24. The molecule has 6 heavy (non-hydrogen) atoms. The van der Waals surface area contributed by atoms with Gasteiger partial charge in [-0.2, -0.15) is 0 Å². The number of aliphatic imine (C=N–C) groups is 1. The molecule has 0 heterocycles. The smallest absolute Gasteiger partial charge is 0.0737 e. The van der Waals surface area contributed by atoms with Crippen molar-refractivity contribution in [3.63, 3.8) is 0 Å². The van der Waals surface area contributed by atoms with E-state index in [2.05, 4.69) is 18.3 Å². The zero-order valence-corrected chi connectivity index (χ0v) is 3.65. The zero-order chi connectivity index (χ0) is 4.57. The Bertz CT molecular complexity index is 94.1. The van der Waals surface area contributed by atoms with Crippen molar-refractivity contribution < 1.29 is 0 Å². The summed E-state index contributed by atoms with van der Waals surface area (Å²) in [6, 6.07) is 0.421. The molecule has 1 rings (SSSR count). The number of nitrogens with zero attached hydrogens (tertiary/aromatic N) is 1. The van der Waals surface area contributed by atoms with Gasteiger partial charge in [0.2, 0.25) is 0 Å². The summed E-state index contributed by atoms with van der Waals surface area (Å²) < 4.78 is 0. The molecule has 1 aliphatic carbocycles. The molecule has 1 nitrogen and oxygen atoms in total. The maximum atomic E-state index is 3.73. The van der Waals surface area contributed by atoms with Crippen molar-refractivity contribution in [1.82, 2.24) is 0 Å². The van der Waals surface area contributed by atoms with Gasteiger partial charge in [-0.1, -0.05) is 12.2 Å². The first-order chi connectivity index (χ1) is 2.84. The first kappa shape index (κ1) is 3.59. The standard InChI is InChI=1S/C5H7N/c1-4-3-5(4)6-2/h5H,1-3H2/t5-/m0/s1. The van der Waals surface area contributed by atoms with Gasteiger partial charge in [0.25, 0.3) is 0 Å². The Morgan fingerprint density at radius 2 is 2.33 bits per heavy atom. The molecule has 1 aliphatic rings. The average molecular weight is 81.1 g/mol. The van der Waals surface area contributed by atoms with Crippen LogP contribution in [0, 0.1) is 0 Å². The van der Waals surface area contributed by atoms with Gasteiger partial charge < -0.3 is 0 Å². The molecule has 0 radical (unpaired) electrons. The highest BCUT2D eigenvalue weighted by Crippen LogP contribution is 2.29. The Morgan fingerprint density at radius 1 is 1.83 bits per heavy atom. The molecule has 1 atom stereocenters. The van der Waals surface area contributed by atoms with Crippen LogP contribution < -0.4 is 0 Å². The van der Waals surface area contributed by atoms with Crippen LogP contribution in [0.25, 0.3) is 0 Å². The zero-order valence-electron chi connectivity index (χ0n) is 3.65. The van der Waals surface area contributed by atoms with Gasteiger partial charge in [0.05, 0.1) is 6.04 Å². The minimum absolute atomic E-state index is 0.421. The van der Waals surface area contributed by atoms with Gasteiger partial charge in [-0.25, -0.2) is 0 Å². The summed E-state index contributed by atoms with van der Waals surface area (Å²) in [7, 11) is 0. The highest BCUT2D eigenvalue weighted by atomic mass is 14.8. The Morgan fingerprint density at radius 3 is 2.33 bits per heavy atom. The lowest BCUT2D eigenvalue weighted by Crippen LogP contribution is -1.65. The molecule has 32 valence electrons. The van der Waals surface area contributed by atoms with Crippen LogP contribution in [0.15, 0.2) is 17.1 Å². The fourth-order valence-corrected chi connectivity index (χ4v) is 0.383. The minimum Gasteiger partial charge on any atom is -0.293 e. The molecule has 0 saturated heterocycles. The van der Waals surface area contributed by atoms with Crippen molar-refractivity contribution in [3.8, 4) is 0 Å². The third kappa shape index (κ3) is 0.361. The summed E-state index contributed by atoms with van der Waals surface area (Å²) in [6.07, 6.45) is 1.07. The predicted molar refractivity (Wildman–Crippen MR) is 27.1 cm³/mol. The van der Waals surface area contributed by atoms with E-state index in [0.717, 1.165) is 6.42 Å². The lowest BCUT2D eigenvalue weighted by molar-refractivity contribution is 1.11. The Balaban J connectivity index is 2.44. The summed E-state index contributed by atoms with van der Waals surface area (Å²) in [5.74, 6) is 0. The van der Waals surface area contributed by atoms with Gasteiger partial charge in [0, 0.05) is 0 Å². The monoisotopic (exact) mass is 81.1 g/mol. The van der Waals surface area contributed by atoms with Gasteiger partial charge in [-0.15, -0.1) is 0 Å². The summed E-state index contributed by atoms with van der Waals surface area (Å²) in [5, 5.41) is 0. The van der Waals surface area contributed by atoms with Crippen LogP contribution in [0.1, 0.15) is 6.42 Å². The maximum Gasteiger partial charge on any atom is 0.0737 e. The van der Waals surface area contributed by atoms with E-state index in [1.54, 1.807) is 0 Å². The van der Waals surface area contributed by atoms with Crippen molar-refractivity contribution in [1.29, 1.82) is 0 Å². The molecule has 0 aliphatic heterocycles. The Labute approximate surface area is 37.4 Å². The second-order valence-electron chi connectivity index (χ2n) is 1.56. The van der Waals surface area contributed by atoms with Gasteiger partial charge in [-0.05, 0) is 13.1 Å². The molecule has 0 N–H and O–H groups in total. The first-order valence-corrected chi connectivity index (χ1v) is 1.98. The van der Waals surface area contributed by atoms with E-state index in [0.29, 0.717) is 6.04 Å². The summed E-state index contributed by atoms with van der Waals surface area (Å²) in [6.45, 7) is 7.05. The molecular weight excluding hydrogens is 74.1 g/mol. The highest BCUT2D eigenvalue weighted by molar-refractivity contribution is 5.34. The van der Waals surface area contributed by atoms with E-state index in [9.17, 15) is 0 Å². The van der Waals surface area contributed by atoms with Crippen molar-refractivity contribution in [2.75, 3.05) is 0 Å². The molecule has 0 spiro atoms. The predicted octanol–water partition coefficient (Wildman–Crippen LogP) is 1.02. The minimum atomic E-state index is 0.421. The summed E-state index contributed by atoms with van der Waals surface area (Å²) in [5.41, 5.74) is 1.23. The van der Waals surface area contributed by atoms with Crippen LogP contribution >= 0.6 is 0 Å². The molecule has 1 saturated carbocycles. The van der Waals surface area contributed by atoms with Gasteiger partial charge in [-0.3, -0.25) is 4.99 Å². The third-order valence-corrected chi connectivity index (χ3v) is 0.987. The molecule has 0 aromatic rings. The fourth-order valence-electron chi connectivity index (χ4n) is 0.383. The van der Waals surface area contributed by atoms with E-state index in [4.69, 9.17) is 0 Å². The van der Waals surface area contributed by atoms with Crippen LogP contribution in [0.2, 0.25) is 0 Å². The molecule has 1 fully saturated rings. The molecule has 0 amide bonds. The van der Waals surface area contributed by atoms with Crippen LogP contribution in [-0.4, -0.2) is 12.8 Å². The molecule has 0 bridgehead atoms. The van der Waals surface area contributed by atoms with Crippen molar-refractivity contribution in [3.05, 3.63) is 12.2 Å². The van der Waals surface area contributed by atoms with Gasteiger partial charge >= 0.3 is 0 Å². The van der Waals surface area contributed by atoms with E-state index < -0.39 is 0 Å². The molecular formula is C5H7N. The van der Waals surface area contributed by atoms with Crippen LogP contribution in [0.3, 0.4) is 0 Å². The first-order valence-electron chi connectivity index (χ1n) is 1.98. The lowest BCUT2D eigenvalue weighted by Gasteiger charge is -1.68. The molecule has 1 heteroatoms. The quantitative estimate of drug-likeness (QED) is 0.330. The van der Waals surface area contributed by atoms with Gasteiger partial charge in [0.15, 0.2) is 0 Å². The second kappa shape index (κ2) is 0.934. The van der Waals surface area contributed by atoms with Crippen molar-refractivity contribution in [2.45, 2.75) is 12.5 Å². The van der Waals surface area contributed by atoms with E-state index in [-0.39, 0.29) is 0 Å². The van der Waals surface area contributed by atoms with Crippen molar-refractivity contribution >= 4 is 6.72 Å². The number of hydrogen-bond donors (Lipinski definition) is 0. The van der Waals surface area contributed by atoms with E-state index >= 15 is 0 Å². The average Bonchev–Trinajstić information content (AvgIpc) is 2.19. The normalized spacial score (nSPS) is 30.0. The molecule has 0 aromatic heterocycles. The maximum absolute atomic E-state index is 3.73. The van der Waals surface area contributed by atoms with Crippen LogP contribution in [0.4, 0.5) is 0 Å². The number of hydrogen-bond acceptors (Lipinski definition) is 1. The Kier molecular flexibility index (Phi) is 0.560. The molecule has 0 unspecified atom stereocenters. The van der Waals surface area contributed by atoms with Crippen LogP contribution in [-0.2, 0) is 0 Å². The second-order valence-corrected chi connectivity index (χ2v) is 1.56. The summed E-state index contributed by atoms with van der Waals surface area (Å²) >= 11 is 0.